The molecule has 1 fully saturated rings. The fourth-order valence-corrected chi connectivity index (χ4v) is 15.3. The van der Waals surface area contributed by atoms with Gasteiger partial charge in [0.15, 0.2) is 0 Å². The van der Waals surface area contributed by atoms with Crippen LogP contribution in [0.1, 0.15) is 48.0 Å². The molecule has 0 aromatic heterocycles. The van der Waals surface area contributed by atoms with E-state index >= 15 is 0 Å². The van der Waals surface area contributed by atoms with Crippen molar-refractivity contribution in [3.8, 4) is 0 Å². The topological polar surface area (TPSA) is 49.7 Å². The van der Waals surface area contributed by atoms with E-state index in [9.17, 15) is 10.2 Å². The normalized spacial score (nSPS) is 32.2. The van der Waals surface area contributed by atoms with E-state index in [4.69, 9.17) is 11.0 Å². The van der Waals surface area contributed by atoms with Crippen molar-refractivity contribution < 1.29 is 14.9 Å². The highest BCUT2D eigenvalue weighted by Crippen LogP contribution is 2.59. The van der Waals surface area contributed by atoms with Crippen LogP contribution in [0, 0.1) is 0 Å². The fraction of sp³-hybridized carbons (Fsp3) is 0.857. The Morgan fingerprint density at radius 1 is 1.14 bits per heavy atom. The average Bonchev–Trinajstić information content (AvgIpc) is 2.82. The molecule has 1 rings (SSSR count). The molecule has 7 heteroatoms. The Bertz CT molecular complexity index is 637. The molecule has 0 spiro atoms. The van der Waals surface area contributed by atoms with E-state index in [-0.39, 0.29) is 17.3 Å². The predicted molar refractivity (Wildman–Crippen MR) is 142 cm³/mol. The molecule has 0 amide bonds. The van der Waals surface area contributed by atoms with Crippen molar-refractivity contribution in [2.24, 2.45) is 0 Å². The maximum absolute atomic E-state index is 10.5. The highest BCUT2D eigenvalue weighted by molar-refractivity contribution is 7.84. The molecule has 0 saturated heterocycles. The summed E-state index contributed by atoms with van der Waals surface area (Å²) in [6.07, 6.45) is 19.5. The summed E-state index contributed by atoms with van der Waals surface area (Å²) in [6, 6.07) is 0. The highest BCUT2D eigenvalue weighted by Gasteiger charge is 2.50. The predicted octanol–water partition coefficient (Wildman–Crippen LogP) is 3.61. The second kappa shape index (κ2) is 9.98. The van der Waals surface area contributed by atoms with Crippen molar-refractivity contribution >= 4 is 48.1 Å². The van der Waals surface area contributed by atoms with Crippen LogP contribution in [-0.2, 0) is 4.74 Å². The van der Waals surface area contributed by atoms with E-state index in [1.807, 2.05) is 7.85 Å². The molecule has 0 aromatic rings. The van der Waals surface area contributed by atoms with Gasteiger partial charge in [-0.1, -0.05) is 28.3 Å². The van der Waals surface area contributed by atoms with Gasteiger partial charge in [-0.2, -0.15) is 0 Å². The summed E-state index contributed by atoms with van der Waals surface area (Å²) in [5.74, 6) is 1.12. The van der Waals surface area contributed by atoms with Crippen LogP contribution in [0.3, 0.4) is 0 Å². The van der Waals surface area contributed by atoms with Gasteiger partial charge in [-0.15, -0.1) is 32.7 Å². The molecule has 0 bridgehead atoms. The molecule has 2 N–H and O–H groups in total. The summed E-state index contributed by atoms with van der Waals surface area (Å²) in [7, 11) is 0.916. The summed E-state index contributed by atoms with van der Waals surface area (Å²) in [6.45, 7) is 10.5. The lowest BCUT2D eigenvalue weighted by atomic mass is 9.76. The van der Waals surface area contributed by atoms with Gasteiger partial charge in [0.05, 0.1) is 17.0 Å². The number of hydrogen-bond acceptors (Lipinski definition) is 3. The molecule has 6 atom stereocenters. The first-order valence-electron chi connectivity index (χ1n) is 10.8. The molecule has 3 nitrogen and oxygen atoms in total. The minimum Gasteiger partial charge on any atom is -0.388 e. The maximum atomic E-state index is 10.5. The molecule has 0 heterocycles. The van der Waals surface area contributed by atoms with Crippen LogP contribution in [-0.4, -0.2) is 96.8 Å². The van der Waals surface area contributed by atoms with Crippen LogP contribution in [0.4, 0.5) is 0 Å². The number of aliphatic hydroxyl groups is 2. The van der Waals surface area contributed by atoms with Crippen molar-refractivity contribution in [3.63, 3.8) is 0 Å². The van der Waals surface area contributed by atoms with Gasteiger partial charge in [-0.3, -0.25) is 0 Å². The number of rotatable bonds is 11. The first kappa shape index (κ1) is 26.9. The first-order valence-corrected chi connectivity index (χ1v) is 17.8. The largest absolute Gasteiger partial charge is 0.388 e. The third-order valence-corrected chi connectivity index (χ3v) is 20.2. The van der Waals surface area contributed by atoms with E-state index in [0.29, 0.717) is 6.42 Å². The van der Waals surface area contributed by atoms with Gasteiger partial charge in [0.1, 0.15) is 14.0 Å². The standard InChI is InChI=1S/C21H46BO3P3/c1-10-27(8,11-2)13-14-28(9,12-3)16-26(7)20(4,5)25-17-15-18(22)21(6,24)19(17)23/h17-19,23-24,26H,7-16,22H2,1-6H3. The number of aliphatic hydroxyl groups excluding tert-OH is 1. The zero-order valence-electron chi connectivity index (χ0n) is 19.5. The monoisotopic (exact) mass is 450 g/mol. The Morgan fingerprint density at radius 2 is 1.61 bits per heavy atom. The quantitative estimate of drug-likeness (QED) is 0.374. The Labute approximate surface area is 176 Å². The van der Waals surface area contributed by atoms with Crippen LogP contribution >= 0.6 is 21.3 Å². The Hall–Kier alpha value is 0.845. The second-order valence-corrected chi connectivity index (χ2v) is 21.6. The molecule has 0 radical (unpaired) electrons. The molecular weight excluding hydrogens is 404 g/mol. The third-order valence-electron chi connectivity index (χ3n) is 7.42. The molecule has 6 unspecified atom stereocenters. The number of hydrogen-bond donors (Lipinski definition) is 2. The first-order chi connectivity index (χ1) is 12.7. The minimum absolute atomic E-state index is 0.0242. The molecule has 0 aliphatic heterocycles. The summed E-state index contributed by atoms with van der Waals surface area (Å²) in [5, 5.41) is 20.7. The van der Waals surface area contributed by atoms with Gasteiger partial charge < -0.3 is 14.9 Å². The van der Waals surface area contributed by atoms with E-state index in [2.05, 4.69) is 47.2 Å². The zero-order valence-corrected chi connectivity index (χ0v) is 22.3. The summed E-state index contributed by atoms with van der Waals surface area (Å²) >= 11 is 0. The van der Waals surface area contributed by atoms with Gasteiger partial charge in [-0.05, 0) is 69.7 Å². The molecule has 0 aromatic carbocycles. The van der Waals surface area contributed by atoms with Gasteiger partial charge in [0.25, 0.3) is 0 Å². The van der Waals surface area contributed by atoms with Crippen LogP contribution < -0.4 is 0 Å². The number of ether oxygens (including phenoxy) is 1. The van der Waals surface area contributed by atoms with E-state index in [1.54, 1.807) is 6.92 Å². The van der Waals surface area contributed by atoms with E-state index in [1.165, 1.54) is 24.6 Å². The molecular formula is C21H46BO3P3. The van der Waals surface area contributed by atoms with E-state index in [0.717, 1.165) is 12.1 Å². The Balaban J connectivity index is 2.82. The van der Waals surface area contributed by atoms with Crippen molar-refractivity contribution in [1.82, 2.24) is 0 Å². The van der Waals surface area contributed by atoms with Gasteiger partial charge in [0.2, 0.25) is 0 Å². The third kappa shape index (κ3) is 6.42. The van der Waals surface area contributed by atoms with Crippen LogP contribution in [0.25, 0.3) is 0 Å². The van der Waals surface area contributed by atoms with Gasteiger partial charge >= 0.3 is 0 Å². The molecule has 1 aliphatic carbocycles. The summed E-state index contributed by atoms with van der Waals surface area (Å²) in [4.78, 5) is 0. The maximum Gasteiger partial charge on any atom is 0.109 e. The lowest BCUT2D eigenvalue weighted by Gasteiger charge is -2.37. The van der Waals surface area contributed by atoms with Gasteiger partial charge in [-0.25, -0.2) is 0 Å². The minimum atomic E-state index is -1.29. The highest BCUT2D eigenvalue weighted by atomic mass is 31.2. The molecule has 166 valence electrons. The summed E-state index contributed by atoms with van der Waals surface area (Å²) < 4.78 is 6.41. The van der Waals surface area contributed by atoms with Crippen molar-refractivity contribution in [2.75, 3.05) is 36.7 Å². The van der Waals surface area contributed by atoms with Crippen LogP contribution in [0.2, 0.25) is 5.82 Å². The van der Waals surface area contributed by atoms with Crippen LogP contribution in [0.15, 0.2) is 0 Å². The fourth-order valence-electron chi connectivity index (χ4n) is 3.87. The van der Waals surface area contributed by atoms with Crippen LogP contribution in [0.5, 0.6) is 0 Å². The zero-order chi connectivity index (χ0) is 22.0. The molecule has 28 heavy (non-hydrogen) atoms. The smallest absolute Gasteiger partial charge is 0.109 e. The van der Waals surface area contributed by atoms with Crippen molar-refractivity contribution in [2.45, 2.75) is 76.9 Å². The Kier molecular flexibility index (Phi) is 9.58. The van der Waals surface area contributed by atoms with E-state index < -0.39 is 33.0 Å². The van der Waals surface area contributed by atoms with Gasteiger partial charge in [0, 0.05) is 0 Å². The molecule has 1 saturated carbocycles. The lowest BCUT2D eigenvalue weighted by molar-refractivity contribution is -0.116. The second-order valence-electron chi connectivity index (χ2n) is 9.81. The van der Waals surface area contributed by atoms with Crippen molar-refractivity contribution in [3.05, 3.63) is 0 Å². The summed E-state index contributed by atoms with van der Waals surface area (Å²) in [5.41, 5.74) is -1.08. The average molecular weight is 450 g/mol. The molecule has 1 aliphatic rings. The SMILES string of the molecule is BC1CC(OC(C)(C)[PH](=C)CP(=C)(CC)CCP(=C)(CC)CC)C(O)C1(C)O. The Morgan fingerprint density at radius 3 is 2.00 bits per heavy atom. The van der Waals surface area contributed by atoms with Crippen molar-refractivity contribution in [1.29, 1.82) is 0 Å². The lowest BCUT2D eigenvalue weighted by Crippen LogP contribution is -2.44.